The number of rotatable bonds is 4. The summed E-state index contributed by atoms with van der Waals surface area (Å²) in [7, 11) is 1.40. The van der Waals surface area contributed by atoms with Crippen LogP contribution in [0, 0.1) is 0 Å². The van der Waals surface area contributed by atoms with Gasteiger partial charge in [-0.2, -0.15) is 5.10 Å². The van der Waals surface area contributed by atoms with Crippen molar-refractivity contribution < 1.29 is 9.53 Å². The minimum absolute atomic E-state index is 0.294. The highest BCUT2D eigenvalue weighted by Gasteiger charge is 2.25. The second-order valence-corrected chi connectivity index (χ2v) is 5.97. The monoisotopic (exact) mass is 313 g/mol. The molecule has 1 aromatic carbocycles. The van der Waals surface area contributed by atoms with Gasteiger partial charge in [0.25, 0.3) is 0 Å². The van der Waals surface area contributed by atoms with Crippen LogP contribution in [-0.4, -0.2) is 29.4 Å². The predicted molar refractivity (Wildman–Crippen MR) is 88.4 cm³/mol. The summed E-state index contributed by atoms with van der Waals surface area (Å²) in [5.41, 5.74) is 3.13. The first kappa shape index (κ1) is 15.7. The minimum atomic E-state index is -0.294. The van der Waals surface area contributed by atoms with Crippen molar-refractivity contribution >= 4 is 5.97 Å². The van der Waals surface area contributed by atoms with Gasteiger partial charge < -0.3 is 10.1 Å². The fraction of sp³-hybridized carbons (Fsp3) is 0.444. The number of nitrogens with zero attached hydrogens (tertiary/aromatic N) is 2. The van der Waals surface area contributed by atoms with E-state index in [-0.39, 0.29) is 5.97 Å². The van der Waals surface area contributed by atoms with Crippen LogP contribution in [0.5, 0.6) is 0 Å². The lowest BCUT2D eigenvalue weighted by Gasteiger charge is -2.30. The number of ether oxygens (including phenoxy) is 1. The van der Waals surface area contributed by atoms with E-state index in [1.807, 2.05) is 35.1 Å². The van der Waals surface area contributed by atoms with Crippen LogP contribution < -0.4 is 5.32 Å². The van der Waals surface area contributed by atoms with Gasteiger partial charge in [0.1, 0.15) is 0 Å². The Hall–Kier alpha value is -2.14. The number of hydrogen-bond acceptors (Lipinski definition) is 4. The smallest absolute Gasteiger partial charge is 0.337 e. The molecule has 1 unspecified atom stereocenters. The largest absolute Gasteiger partial charge is 0.465 e. The van der Waals surface area contributed by atoms with E-state index in [0.717, 1.165) is 25.9 Å². The van der Waals surface area contributed by atoms with Gasteiger partial charge in [-0.1, -0.05) is 12.1 Å². The molecule has 0 amide bonds. The molecular weight excluding hydrogens is 290 g/mol. The van der Waals surface area contributed by atoms with Crippen LogP contribution in [0.2, 0.25) is 0 Å². The van der Waals surface area contributed by atoms with Crippen molar-refractivity contribution in [2.75, 3.05) is 13.7 Å². The summed E-state index contributed by atoms with van der Waals surface area (Å²) in [6.07, 6.45) is 6.34. The molecule has 1 aromatic heterocycles. The third-order valence-corrected chi connectivity index (χ3v) is 4.59. The fourth-order valence-corrected chi connectivity index (χ4v) is 3.21. The highest BCUT2D eigenvalue weighted by Crippen LogP contribution is 2.34. The molecule has 23 heavy (non-hydrogen) atoms. The zero-order chi connectivity index (χ0) is 16.2. The molecule has 2 heterocycles. The van der Waals surface area contributed by atoms with Gasteiger partial charge in [0.05, 0.1) is 18.9 Å². The van der Waals surface area contributed by atoms with Gasteiger partial charge in [0, 0.05) is 18.8 Å². The lowest BCUT2D eigenvalue weighted by atomic mass is 9.85. The molecule has 0 aliphatic carbocycles. The number of hydrogen-bond donors (Lipinski definition) is 1. The van der Waals surface area contributed by atoms with E-state index in [9.17, 15) is 4.79 Å². The van der Waals surface area contributed by atoms with Crippen molar-refractivity contribution in [3.63, 3.8) is 0 Å². The van der Waals surface area contributed by atoms with E-state index in [1.165, 1.54) is 18.2 Å². The first-order chi connectivity index (χ1) is 11.2. The molecule has 1 aliphatic heterocycles. The zero-order valence-corrected chi connectivity index (χ0v) is 13.7. The fourth-order valence-electron chi connectivity index (χ4n) is 3.21. The second-order valence-electron chi connectivity index (χ2n) is 5.97. The Morgan fingerprint density at radius 2 is 2.13 bits per heavy atom. The second kappa shape index (κ2) is 6.96. The summed E-state index contributed by atoms with van der Waals surface area (Å²) in [6, 6.07) is 8.01. The molecule has 0 spiro atoms. The van der Waals surface area contributed by atoms with Gasteiger partial charge in [-0.25, -0.2) is 4.79 Å². The Bertz CT molecular complexity index is 663. The molecule has 1 fully saturated rings. The number of benzene rings is 1. The molecule has 5 heteroatoms. The summed E-state index contributed by atoms with van der Waals surface area (Å²) in [6.45, 7) is 4.00. The Balaban J connectivity index is 1.71. The molecule has 1 saturated heterocycles. The Kier molecular flexibility index (Phi) is 4.76. The maximum atomic E-state index is 11.5. The molecule has 0 radical (unpaired) electrons. The van der Waals surface area contributed by atoms with Crippen LogP contribution in [0.1, 0.15) is 53.2 Å². The van der Waals surface area contributed by atoms with Crippen molar-refractivity contribution in [3.8, 4) is 0 Å². The molecular formula is C18H23N3O2. The minimum Gasteiger partial charge on any atom is -0.465 e. The first-order valence-electron chi connectivity index (χ1n) is 8.15. The Labute approximate surface area is 136 Å². The molecule has 2 atom stereocenters. The number of carbonyl (C=O) groups excluding carboxylic acids is 1. The van der Waals surface area contributed by atoms with Crippen LogP contribution in [0.15, 0.2) is 36.7 Å². The van der Waals surface area contributed by atoms with Gasteiger partial charge in [-0.05, 0) is 55.5 Å². The Morgan fingerprint density at radius 3 is 2.78 bits per heavy atom. The normalized spacial score (nSPS) is 21.1. The van der Waals surface area contributed by atoms with Crippen LogP contribution in [-0.2, 0) is 11.3 Å². The third kappa shape index (κ3) is 3.45. The number of aromatic nitrogens is 2. The molecule has 5 nitrogen and oxygen atoms in total. The van der Waals surface area contributed by atoms with Gasteiger partial charge in [0.15, 0.2) is 0 Å². The van der Waals surface area contributed by atoms with E-state index in [4.69, 9.17) is 4.74 Å². The highest BCUT2D eigenvalue weighted by molar-refractivity contribution is 5.89. The molecule has 1 aliphatic rings. The standard InChI is InChI=1S/C18H23N3O2/c1-3-21-12-16(11-20-21)15-8-9-19-17(10-15)13-4-6-14(7-5-13)18(22)23-2/h4-7,11-12,15,17,19H,3,8-10H2,1-2H3/t15?,17-/m0/s1. The molecule has 0 saturated carbocycles. The van der Waals surface area contributed by atoms with Crippen molar-refractivity contribution in [1.82, 2.24) is 15.1 Å². The van der Waals surface area contributed by atoms with Crippen molar-refractivity contribution in [1.29, 1.82) is 0 Å². The summed E-state index contributed by atoms with van der Waals surface area (Å²) in [4.78, 5) is 11.5. The molecule has 2 aromatic rings. The SMILES string of the molecule is CCn1cc(C2CCN[C@H](c3ccc(C(=O)OC)cc3)C2)cn1. The topological polar surface area (TPSA) is 56.2 Å². The number of carbonyl (C=O) groups is 1. The average Bonchev–Trinajstić information content (AvgIpc) is 3.10. The molecule has 122 valence electrons. The first-order valence-corrected chi connectivity index (χ1v) is 8.15. The van der Waals surface area contributed by atoms with E-state index in [1.54, 1.807) is 0 Å². The van der Waals surface area contributed by atoms with Crippen molar-refractivity contribution in [2.24, 2.45) is 0 Å². The van der Waals surface area contributed by atoms with E-state index >= 15 is 0 Å². The van der Waals surface area contributed by atoms with Crippen molar-refractivity contribution in [2.45, 2.75) is 38.3 Å². The maximum absolute atomic E-state index is 11.5. The third-order valence-electron chi connectivity index (χ3n) is 4.59. The van der Waals surface area contributed by atoms with E-state index in [0.29, 0.717) is 17.5 Å². The lowest BCUT2D eigenvalue weighted by molar-refractivity contribution is 0.0600. The number of methoxy groups -OCH3 is 1. The summed E-state index contributed by atoms with van der Waals surface area (Å²) in [5, 5.41) is 7.97. The van der Waals surface area contributed by atoms with Gasteiger partial charge in [-0.15, -0.1) is 0 Å². The van der Waals surface area contributed by atoms with Crippen LogP contribution in [0.25, 0.3) is 0 Å². The lowest BCUT2D eigenvalue weighted by Crippen LogP contribution is -2.30. The summed E-state index contributed by atoms with van der Waals surface area (Å²) in [5.74, 6) is 0.236. The van der Waals surface area contributed by atoms with E-state index < -0.39 is 0 Å². The van der Waals surface area contributed by atoms with Gasteiger partial charge >= 0.3 is 5.97 Å². The number of aryl methyl sites for hydroxylation is 1. The highest BCUT2D eigenvalue weighted by atomic mass is 16.5. The summed E-state index contributed by atoms with van der Waals surface area (Å²) >= 11 is 0. The summed E-state index contributed by atoms with van der Waals surface area (Å²) < 4.78 is 6.73. The quantitative estimate of drug-likeness (QED) is 0.882. The Morgan fingerprint density at radius 1 is 1.35 bits per heavy atom. The molecule has 0 bridgehead atoms. The number of esters is 1. The predicted octanol–water partition coefficient (Wildman–Crippen LogP) is 2.90. The van der Waals surface area contributed by atoms with Gasteiger partial charge in [-0.3, -0.25) is 4.68 Å². The average molecular weight is 313 g/mol. The number of piperidine rings is 1. The maximum Gasteiger partial charge on any atom is 0.337 e. The van der Waals surface area contributed by atoms with Crippen LogP contribution in [0.3, 0.4) is 0 Å². The van der Waals surface area contributed by atoms with Crippen LogP contribution >= 0.6 is 0 Å². The van der Waals surface area contributed by atoms with Crippen molar-refractivity contribution in [3.05, 3.63) is 53.3 Å². The molecule has 1 N–H and O–H groups in total. The number of nitrogens with one attached hydrogen (secondary N) is 1. The molecule has 3 rings (SSSR count). The van der Waals surface area contributed by atoms with Gasteiger partial charge in [0.2, 0.25) is 0 Å². The van der Waals surface area contributed by atoms with E-state index in [2.05, 4.69) is 23.5 Å². The zero-order valence-electron chi connectivity index (χ0n) is 13.7. The van der Waals surface area contributed by atoms with Crippen LogP contribution in [0.4, 0.5) is 0 Å².